The maximum atomic E-state index is 3.62. The van der Waals surface area contributed by atoms with Crippen LogP contribution in [-0.2, 0) is 0 Å². The Morgan fingerprint density at radius 2 is 2.33 bits per heavy atom. The molecule has 0 unspecified atom stereocenters. The molecule has 6 heavy (non-hydrogen) atoms. The molecule has 3 heteroatoms. The summed E-state index contributed by atoms with van der Waals surface area (Å²) in [4.78, 5) is 0. The van der Waals surface area contributed by atoms with Crippen LogP contribution in [0, 0.1) is 0 Å². The summed E-state index contributed by atoms with van der Waals surface area (Å²) in [6, 6.07) is 0. The van der Waals surface area contributed by atoms with Crippen molar-refractivity contribution in [1.29, 1.82) is 0 Å². The van der Waals surface area contributed by atoms with E-state index in [4.69, 9.17) is 0 Å². The molecular weight excluding hydrogens is 96.1 g/mol. The van der Waals surface area contributed by atoms with Crippen LogP contribution < -0.4 is 5.32 Å². The molecule has 0 fully saturated rings. The highest BCUT2D eigenvalue weighted by atomic mass is 32.1. The van der Waals surface area contributed by atoms with Gasteiger partial charge in [-0.1, -0.05) is 0 Å². The van der Waals surface area contributed by atoms with Gasteiger partial charge < -0.3 is 5.32 Å². The molecule has 0 saturated heterocycles. The number of hydrogen-bond acceptors (Lipinski definition) is 2. The lowest BCUT2D eigenvalue weighted by atomic mass is 10.7. The van der Waals surface area contributed by atoms with E-state index in [-0.39, 0.29) is 0 Å². The summed E-state index contributed by atoms with van der Waals surface area (Å²) in [5, 5.41) is 2.79. The molecule has 36 valence electrons. The molecule has 0 bridgehead atoms. The number of hydrogen-bond donors (Lipinski definition) is 2. The van der Waals surface area contributed by atoms with Gasteiger partial charge in [0.1, 0.15) is 5.84 Å². The van der Waals surface area contributed by atoms with Gasteiger partial charge in [-0.05, 0) is 19.7 Å². The smallest absolute Gasteiger partial charge is 0.106 e. The van der Waals surface area contributed by atoms with Crippen LogP contribution in [0.1, 0.15) is 6.92 Å². The minimum atomic E-state index is 0.832. The molecule has 1 N–H and O–H groups in total. The number of amidine groups is 1. The van der Waals surface area contributed by atoms with Crippen molar-refractivity contribution in [2.24, 2.45) is 4.40 Å². The van der Waals surface area contributed by atoms with Crippen molar-refractivity contribution in [3.05, 3.63) is 0 Å². The lowest BCUT2D eigenvalue weighted by Crippen LogP contribution is -2.11. The summed E-state index contributed by atoms with van der Waals surface area (Å²) in [7, 11) is 1.80. The minimum absolute atomic E-state index is 0.832. The molecule has 0 spiro atoms. The Morgan fingerprint density at radius 3 is 2.33 bits per heavy atom. The molecule has 0 rings (SSSR count). The lowest BCUT2D eigenvalue weighted by molar-refractivity contribution is 1.17. The Morgan fingerprint density at radius 1 is 1.83 bits per heavy atom. The van der Waals surface area contributed by atoms with Crippen molar-refractivity contribution in [3.8, 4) is 0 Å². The summed E-state index contributed by atoms with van der Waals surface area (Å²) >= 11 is 3.62. The van der Waals surface area contributed by atoms with E-state index < -0.39 is 0 Å². The maximum absolute atomic E-state index is 3.62. The van der Waals surface area contributed by atoms with Gasteiger partial charge in [-0.2, -0.15) is 0 Å². The average Bonchev–Trinajstić information content (AvgIpc) is 1.65. The van der Waals surface area contributed by atoms with Gasteiger partial charge in [0.15, 0.2) is 0 Å². The summed E-state index contributed by atoms with van der Waals surface area (Å²) in [6.07, 6.45) is 0. The van der Waals surface area contributed by atoms with Crippen LogP contribution in [0.25, 0.3) is 0 Å². The minimum Gasteiger partial charge on any atom is -0.376 e. The van der Waals surface area contributed by atoms with Gasteiger partial charge in [-0.3, -0.25) is 0 Å². The molecule has 0 aliphatic heterocycles. The zero-order chi connectivity index (χ0) is 4.99. The highest BCUT2D eigenvalue weighted by molar-refractivity contribution is 7.79. The van der Waals surface area contributed by atoms with Gasteiger partial charge in [0, 0.05) is 7.05 Å². The predicted octanol–water partition coefficient (Wildman–Crippen LogP) is 0.469. The van der Waals surface area contributed by atoms with Crippen LogP contribution in [0.3, 0.4) is 0 Å². The largest absolute Gasteiger partial charge is 0.376 e. The van der Waals surface area contributed by atoms with Gasteiger partial charge in [0.25, 0.3) is 0 Å². The molecule has 0 aromatic rings. The number of nitrogens with zero attached hydrogens (tertiary/aromatic N) is 1. The maximum Gasteiger partial charge on any atom is 0.106 e. The summed E-state index contributed by atoms with van der Waals surface area (Å²) in [5.74, 6) is 0.832. The molecule has 0 radical (unpaired) electrons. The van der Waals surface area contributed by atoms with Crippen LogP contribution in [0.4, 0.5) is 0 Å². The first kappa shape index (κ1) is 5.82. The molecule has 0 aromatic carbocycles. The predicted molar refractivity (Wildman–Crippen MR) is 31.2 cm³/mol. The van der Waals surface area contributed by atoms with Crippen LogP contribution in [0.5, 0.6) is 0 Å². The summed E-state index contributed by atoms with van der Waals surface area (Å²) in [6.45, 7) is 1.84. The third-order valence-corrected chi connectivity index (χ3v) is 0.812. The fourth-order valence-corrected chi connectivity index (χ4v) is 0.150. The molecule has 0 aromatic heterocycles. The molecule has 0 saturated carbocycles. The molecule has 0 atom stereocenters. The van der Waals surface area contributed by atoms with Crippen LogP contribution >= 0.6 is 12.8 Å². The highest BCUT2D eigenvalue weighted by Gasteiger charge is 1.72. The van der Waals surface area contributed by atoms with E-state index in [9.17, 15) is 0 Å². The molecule has 0 heterocycles. The molecule has 0 aliphatic rings. The summed E-state index contributed by atoms with van der Waals surface area (Å²) in [5.41, 5.74) is 0. The van der Waals surface area contributed by atoms with Crippen molar-refractivity contribution < 1.29 is 0 Å². The second kappa shape index (κ2) is 3.03. The van der Waals surface area contributed by atoms with E-state index in [1.807, 2.05) is 6.92 Å². The van der Waals surface area contributed by atoms with E-state index in [1.54, 1.807) is 7.05 Å². The molecule has 0 amide bonds. The molecular formula is C3H8N2S. The first-order valence-corrected chi connectivity index (χ1v) is 2.07. The van der Waals surface area contributed by atoms with Crippen LogP contribution in [0.2, 0.25) is 0 Å². The number of rotatable bonds is 0. The van der Waals surface area contributed by atoms with Gasteiger partial charge in [-0.25, -0.2) is 4.40 Å². The third kappa shape index (κ3) is 2.08. The fraction of sp³-hybridized carbons (Fsp3) is 0.667. The van der Waals surface area contributed by atoms with E-state index in [0.717, 1.165) is 5.84 Å². The van der Waals surface area contributed by atoms with Crippen molar-refractivity contribution >= 4 is 18.7 Å². The van der Waals surface area contributed by atoms with E-state index in [0.29, 0.717) is 0 Å². The third-order valence-electron chi connectivity index (χ3n) is 0.512. The van der Waals surface area contributed by atoms with Crippen molar-refractivity contribution in [3.63, 3.8) is 0 Å². The summed E-state index contributed by atoms with van der Waals surface area (Å²) < 4.78 is 3.51. The Hall–Kier alpha value is -0.180. The van der Waals surface area contributed by atoms with E-state index in [2.05, 4.69) is 22.5 Å². The average molecular weight is 104 g/mol. The highest BCUT2D eigenvalue weighted by Crippen LogP contribution is 1.72. The standard InChI is InChI=1S/C3H8N2S/c1-3(4-2)5-6/h6H,1-2H3,(H,4,5). The Bertz CT molecular complexity index is 59.8. The monoisotopic (exact) mass is 104 g/mol. The quantitative estimate of drug-likeness (QED) is 0.260. The second-order valence-corrected chi connectivity index (χ2v) is 1.14. The number of nitrogens with one attached hydrogen (secondary N) is 1. The Balaban J connectivity index is 3.22. The van der Waals surface area contributed by atoms with Gasteiger partial charge in [0.2, 0.25) is 0 Å². The van der Waals surface area contributed by atoms with Crippen molar-refractivity contribution in [2.45, 2.75) is 6.92 Å². The van der Waals surface area contributed by atoms with E-state index in [1.165, 1.54) is 0 Å². The van der Waals surface area contributed by atoms with Gasteiger partial charge >= 0.3 is 0 Å². The second-order valence-electron chi connectivity index (χ2n) is 0.935. The Kier molecular flexibility index (Phi) is 2.94. The first-order valence-electron chi connectivity index (χ1n) is 1.67. The SMILES string of the molecule is CN/C(C)=N\S. The topological polar surface area (TPSA) is 24.4 Å². The molecule has 0 aliphatic carbocycles. The van der Waals surface area contributed by atoms with Crippen LogP contribution in [-0.4, -0.2) is 12.9 Å². The van der Waals surface area contributed by atoms with Crippen molar-refractivity contribution in [1.82, 2.24) is 5.32 Å². The normalized spacial score (nSPS) is 11.5. The van der Waals surface area contributed by atoms with Gasteiger partial charge in [-0.15, -0.1) is 0 Å². The van der Waals surface area contributed by atoms with Gasteiger partial charge in [0.05, 0.1) is 0 Å². The zero-order valence-corrected chi connectivity index (χ0v) is 4.79. The fourth-order valence-electron chi connectivity index (χ4n) is 0.0500. The zero-order valence-electron chi connectivity index (χ0n) is 3.89. The Labute approximate surface area is 43.2 Å². The number of thiol groups is 1. The molecule has 2 nitrogen and oxygen atoms in total. The first-order chi connectivity index (χ1) is 2.81. The van der Waals surface area contributed by atoms with Crippen LogP contribution in [0.15, 0.2) is 4.40 Å². The lowest BCUT2D eigenvalue weighted by Gasteiger charge is -1.88. The van der Waals surface area contributed by atoms with E-state index >= 15 is 0 Å². The van der Waals surface area contributed by atoms with Crippen molar-refractivity contribution in [2.75, 3.05) is 7.05 Å².